The topological polar surface area (TPSA) is 97.0 Å². The first-order valence-electron chi connectivity index (χ1n) is 8.19. The van der Waals surface area contributed by atoms with Gasteiger partial charge in [-0.1, -0.05) is 53.7 Å². The molecule has 2 aromatic rings. The molecule has 2 aromatic carbocycles. The summed E-state index contributed by atoms with van der Waals surface area (Å²) in [5.41, 5.74) is 0.822. The average molecular weight is 409 g/mol. The summed E-state index contributed by atoms with van der Waals surface area (Å²) in [4.78, 5) is 26.4. The summed E-state index contributed by atoms with van der Waals surface area (Å²) in [6.45, 7) is 0. The second-order valence-corrected chi connectivity index (χ2v) is 7.37. The number of hydrogen-bond donors (Lipinski definition) is 1. The van der Waals surface area contributed by atoms with Gasteiger partial charge in [-0.05, 0) is 24.3 Å². The number of nitriles is 2. The molecule has 1 heterocycles. The number of allylic oxidation sites excluding steroid dienone is 1. The molecule has 1 aliphatic heterocycles. The fraction of sp³-hybridized carbons (Fsp3) is 0.100. The highest BCUT2D eigenvalue weighted by Crippen LogP contribution is 2.37. The molecule has 0 aromatic heterocycles. The van der Waals surface area contributed by atoms with Crippen LogP contribution >= 0.6 is 23.4 Å². The first-order valence-corrected chi connectivity index (χ1v) is 9.45. The summed E-state index contributed by atoms with van der Waals surface area (Å²) in [6.07, 6.45) is -0.0567. The van der Waals surface area contributed by atoms with Gasteiger partial charge in [0, 0.05) is 12.1 Å². The van der Waals surface area contributed by atoms with Gasteiger partial charge in [0.25, 0.3) is 0 Å². The highest BCUT2D eigenvalue weighted by atomic mass is 35.5. The number of benzene rings is 2. The number of thioether (sulfide) groups is 1. The van der Waals surface area contributed by atoms with E-state index in [4.69, 9.17) is 11.6 Å². The molecule has 2 amide bonds. The van der Waals surface area contributed by atoms with Gasteiger partial charge in [0.15, 0.2) is 5.57 Å². The molecule has 6 nitrogen and oxygen atoms in total. The van der Waals surface area contributed by atoms with Crippen molar-refractivity contribution in [3.63, 3.8) is 0 Å². The van der Waals surface area contributed by atoms with E-state index < -0.39 is 11.2 Å². The van der Waals surface area contributed by atoms with Crippen LogP contribution in [0.2, 0.25) is 5.02 Å². The number of amides is 2. The fourth-order valence-electron chi connectivity index (χ4n) is 2.65. The second kappa shape index (κ2) is 8.62. The molecular formula is C20H13ClN4O2S. The van der Waals surface area contributed by atoms with E-state index in [0.717, 1.165) is 16.7 Å². The summed E-state index contributed by atoms with van der Waals surface area (Å²) in [5.74, 6) is -0.823. The number of imide groups is 1. The van der Waals surface area contributed by atoms with Crippen molar-refractivity contribution in [3.05, 3.63) is 70.2 Å². The maximum absolute atomic E-state index is 12.9. The largest absolute Gasteiger partial charge is 0.349 e. The Kier molecular flexibility index (Phi) is 6.00. The molecule has 1 N–H and O–H groups in total. The Morgan fingerprint density at radius 2 is 1.71 bits per heavy atom. The number of nitrogens with one attached hydrogen (secondary N) is 1. The summed E-state index contributed by atoms with van der Waals surface area (Å²) in [7, 11) is 0. The van der Waals surface area contributed by atoms with Crippen LogP contribution in [0, 0.1) is 22.7 Å². The number of hydrogen-bond acceptors (Lipinski definition) is 6. The molecule has 0 spiro atoms. The Morgan fingerprint density at radius 1 is 1.07 bits per heavy atom. The minimum atomic E-state index is -0.772. The molecule has 0 saturated carbocycles. The lowest BCUT2D eigenvalue weighted by molar-refractivity contribution is -0.121. The van der Waals surface area contributed by atoms with Crippen molar-refractivity contribution in [2.75, 3.05) is 10.2 Å². The molecule has 138 valence electrons. The van der Waals surface area contributed by atoms with Gasteiger partial charge >= 0.3 is 0 Å². The van der Waals surface area contributed by atoms with Crippen LogP contribution in [-0.4, -0.2) is 17.1 Å². The van der Waals surface area contributed by atoms with E-state index in [9.17, 15) is 20.1 Å². The lowest BCUT2D eigenvalue weighted by Gasteiger charge is -2.17. The molecule has 1 unspecified atom stereocenters. The molecule has 1 saturated heterocycles. The van der Waals surface area contributed by atoms with Crippen LogP contribution < -0.4 is 10.2 Å². The van der Waals surface area contributed by atoms with Crippen molar-refractivity contribution >= 4 is 46.6 Å². The number of carbonyl (C=O) groups excluding carboxylic acids is 2. The SMILES string of the molecule is N#CC(C#N)=C(Nc1ccccc1)SC1CC(=O)N(c2ccccc2Cl)C1=O. The normalized spacial score (nSPS) is 15.7. The quantitative estimate of drug-likeness (QED) is 0.591. The Hall–Kier alpha value is -3.26. The molecule has 28 heavy (non-hydrogen) atoms. The second-order valence-electron chi connectivity index (χ2n) is 5.75. The third kappa shape index (κ3) is 4.01. The van der Waals surface area contributed by atoms with Gasteiger partial charge in [0.2, 0.25) is 11.8 Å². The van der Waals surface area contributed by atoms with E-state index in [-0.39, 0.29) is 22.9 Å². The van der Waals surface area contributed by atoms with Crippen LogP contribution in [0.3, 0.4) is 0 Å². The zero-order chi connectivity index (χ0) is 20.1. The number of carbonyl (C=O) groups is 2. The molecule has 0 radical (unpaired) electrons. The maximum atomic E-state index is 12.9. The van der Waals surface area contributed by atoms with Crippen LogP contribution in [0.25, 0.3) is 0 Å². The maximum Gasteiger partial charge on any atom is 0.247 e. The van der Waals surface area contributed by atoms with Crippen LogP contribution in [0.1, 0.15) is 6.42 Å². The van der Waals surface area contributed by atoms with E-state index >= 15 is 0 Å². The van der Waals surface area contributed by atoms with Gasteiger partial charge < -0.3 is 5.32 Å². The lowest BCUT2D eigenvalue weighted by Crippen LogP contribution is -2.31. The predicted octanol–water partition coefficient (Wildman–Crippen LogP) is 4.08. The van der Waals surface area contributed by atoms with Crippen molar-refractivity contribution in [1.29, 1.82) is 10.5 Å². The van der Waals surface area contributed by atoms with Gasteiger partial charge in [-0.2, -0.15) is 10.5 Å². The summed E-state index contributed by atoms with van der Waals surface area (Å²) in [6, 6.07) is 19.2. The number of halogens is 1. The number of nitrogens with zero attached hydrogens (tertiary/aromatic N) is 3. The van der Waals surface area contributed by atoms with E-state index in [0.29, 0.717) is 16.4 Å². The van der Waals surface area contributed by atoms with Gasteiger partial charge in [0.05, 0.1) is 16.0 Å². The number of anilines is 2. The Bertz CT molecular complexity index is 1020. The zero-order valence-electron chi connectivity index (χ0n) is 14.4. The van der Waals surface area contributed by atoms with Crippen molar-refractivity contribution in [1.82, 2.24) is 0 Å². The Morgan fingerprint density at radius 3 is 2.36 bits per heavy atom. The molecule has 3 rings (SSSR count). The monoisotopic (exact) mass is 408 g/mol. The van der Waals surface area contributed by atoms with Gasteiger partial charge in [0.1, 0.15) is 17.2 Å². The van der Waals surface area contributed by atoms with Gasteiger partial charge in [-0.3, -0.25) is 9.59 Å². The zero-order valence-corrected chi connectivity index (χ0v) is 16.0. The van der Waals surface area contributed by atoms with Crippen LogP contribution in [0.4, 0.5) is 11.4 Å². The molecule has 1 atom stereocenters. The third-order valence-electron chi connectivity index (χ3n) is 3.94. The first kappa shape index (κ1) is 19.5. The van der Waals surface area contributed by atoms with Crippen LogP contribution in [-0.2, 0) is 9.59 Å². The minimum absolute atomic E-state index is 0.0567. The Balaban J connectivity index is 1.88. The highest BCUT2D eigenvalue weighted by Gasteiger charge is 2.41. The highest BCUT2D eigenvalue weighted by molar-refractivity contribution is 8.04. The summed E-state index contributed by atoms with van der Waals surface area (Å²) >= 11 is 7.12. The fourth-order valence-corrected chi connectivity index (χ4v) is 3.98. The van der Waals surface area contributed by atoms with E-state index in [2.05, 4.69) is 5.32 Å². The Labute approximate surface area is 171 Å². The standard InChI is InChI=1S/C20H13ClN4O2S/c21-15-8-4-5-9-16(15)25-18(26)10-17(20(25)27)28-19(13(11-22)12-23)24-14-6-2-1-3-7-14/h1-9,17,24H,10H2. The van der Waals surface area contributed by atoms with Crippen LogP contribution in [0.15, 0.2) is 65.2 Å². The van der Waals surface area contributed by atoms with E-state index in [1.54, 1.807) is 48.5 Å². The summed E-state index contributed by atoms with van der Waals surface area (Å²) in [5, 5.41) is 21.3. The lowest BCUT2D eigenvalue weighted by atomic mass is 10.3. The van der Waals surface area contributed by atoms with E-state index in [1.807, 2.05) is 18.2 Å². The molecule has 0 bridgehead atoms. The number of para-hydroxylation sites is 2. The first-order chi connectivity index (χ1) is 13.5. The van der Waals surface area contributed by atoms with Gasteiger partial charge in [-0.15, -0.1) is 0 Å². The van der Waals surface area contributed by atoms with Crippen molar-refractivity contribution in [2.45, 2.75) is 11.7 Å². The smallest absolute Gasteiger partial charge is 0.247 e. The van der Waals surface area contributed by atoms with Gasteiger partial charge in [-0.25, -0.2) is 4.90 Å². The number of rotatable bonds is 5. The molecule has 1 fully saturated rings. The van der Waals surface area contributed by atoms with Crippen molar-refractivity contribution < 1.29 is 9.59 Å². The minimum Gasteiger partial charge on any atom is -0.349 e. The third-order valence-corrected chi connectivity index (χ3v) is 5.46. The van der Waals surface area contributed by atoms with Crippen molar-refractivity contribution in [2.24, 2.45) is 0 Å². The summed E-state index contributed by atoms with van der Waals surface area (Å²) < 4.78 is 0. The molecule has 1 aliphatic rings. The molecule has 0 aliphatic carbocycles. The molecular weight excluding hydrogens is 396 g/mol. The average Bonchev–Trinajstić information content (AvgIpc) is 2.97. The van der Waals surface area contributed by atoms with Crippen LogP contribution in [0.5, 0.6) is 0 Å². The van der Waals surface area contributed by atoms with Crippen molar-refractivity contribution in [3.8, 4) is 12.1 Å². The van der Waals surface area contributed by atoms with E-state index in [1.165, 1.54) is 0 Å². The molecule has 8 heteroatoms. The predicted molar refractivity (Wildman–Crippen MR) is 108 cm³/mol.